The Balaban J connectivity index is 4.14. The molecule has 0 saturated carbocycles. The first-order chi connectivity index (χ1) is 3.81. The fourth-order valence-corrected chi connectivity index (χ4v) is 0.137. The van der Waals surface area contributed by atoms with Crippen molar-refractivity contribution in [3.05, 3.63) is 0 Å². The summed E-state index contributed by atoms with van der Waals surface area (Å²) in [6, 6.07) is 0. The molecule has 0 spiro atoms. The van der Waals surface area contributed by atoms with Gasteiger partial charge in [-0.1, -0.05) is 20.8 Å². The summed E-state index contributed by atoms with van der Waals surface area (Å²) in [4.78, 5) is 4.30. The summed E-state index contributed by atoms with van der Waals surface area (Å²) in [6.07, 6.45) is 0. The molecule has 0 bridgehead atoms. The zero-order valence-electron chi connectivity index (χ0n) is 6.86. The van der Waals surface area contributed by atoms with E-state index in [4.69, 9.17) is 5.26 Å². The Morgan fingerprint density at radius 3 is 1.33 bits per heavy atom. The summed E-state index contributed by atoms with van der Waals surface area (Å²) in [5.74, 6) is 0. The number of rotatable bonds is 1. The lowest BCUT2D eigenvalue weighted by molar-refractivity contribution is -0.337. The third-order valence-corrected chi connectivity index (χ3v) is 2.03. The summed E-state index contributed by atoms with van der Waals surface area (Å²) in [6.45, 7) is 9.76. The van der Waals surface area contributed by atoms with Gasteiger partial charge in [0.15, 0.2) is 0 Å². The first kappa shape index (κ1) is 8.92. The molecule has 0 aliphatic rings. The molecule has 0 unspecified atom stereocenters. The molecule has 0 atom stereocenters. The van der Waals surface area contributed by atoms with Crippen molar-refractivity contribution in [3.8, 4) is 0 Å². The van der Waals surface area contributed by atoms with Gasteiger partial charge in [-0.15, -0.1) is 0 Å². The molecule has 1 N–H and O–H groups in total. The zero-order valence-corrected chi connectivity index (χ0v) is 6.86. The second-order valence-corrected chi connectivity index (χ2v) is 3.85. The summed E-state index contributed by atoms with van der Waals surface area (Å²) in [5, 5.41) is 8.43. The van der Waals surface area contributed by atoms with Crippen molar-refractivity contribution in [1.29, 1.82) is 0 Å². The third kappa shape index (κ3) is 1.95. The van der Waals surface area contributed by atoms with E-state index in [1.807, 2.05) is 34.6 Å². The van der Waals surface area contributed by atoms with Crippen molar-refractivity contribution in [2.24, 2.45) is 5.41 Å². The molecule has 0 aromatic heterocycles. The average molecular weight is 132 g/mol. The van der Waals surface area contributed by atoms with Gasteiger partial charge in [0.1, 0.15) is 5.60 Å². The first-order valence-corrected chi connectivity index (χ1v) is 3.14. The van der Waals surface area contributed by atoms with E-state index in [1.165, 1.54) is 0 Å². The summed E-state index contributed by atoms with van der Waals surface area (Å²) < 4.78 is 0. The Morgan fingerprint density at radius 1 is 1.00 bits per heavy atom. The maximum atomic E-state index is 8.43. The summed E-state index contributed by atoms with van der Waals surface area (Å²) >= 11 is 0. The molecule has 2 nitrogen and oxygen atoms in total. The minimum absolute atomic E-state index is 0.0260. The van der Waals surface area contributed by atoms with E-state index >= 15 is 0 Å². The lowest BCUT2D eigenvalue weighted by Gasteiger charge is -2.34. The highest BCUT2D eigenvalue weighted by Gasteiger charge is 2.34. The Hall–Kier alpha value is -0.0800. The van der Waals surface area contributed by atoms with Gasteiger partial charge in [-0.25, -0.2) is 4.89 Å². The van der Waals surface area contributed by atoms with Crippen molar-refractivity contribution in [3.63, 3.8) is 0 Å². The summed E-state index contributed by atoms with van der Waals surface area (Å²) in [7, 11) is 0. The van der Waals surface area contributed by atoms with Gasteiger partial charge in [0.05, 0.1) is 0 Å². The van der Waals surface area contributed by atoms with Gasteiger partial charge in [0.25, 0.3) is 0 Å². The Morgan fingerprint density at radius 2 is 1.33 bits per heavy atom. The molecule has 9 heavy (non-hydrogen) atoms. The van der Waals surface area contributed by atoms with Crippen LogP contribution in [0.15, 0.2) is 0 Å². The maximum absolute atomic E-state index is 8.43. The average Bonchev–Trinajstić information content (AvgIpc) is 1.64. The molecule has 0 amide bonds. The lowest BCUT2D eigenvalue weighted by Crippen LogP contribution is -2.38. The monoisotopic (exact) mass is 132 g/mol. The lowest BCUT2D eigenvalue weighted by atomic mass is 9.79. The van der Waals surface area contributed by atoms with E-state index in [-0.39, 0.29) is 5.41 Å². The highest BCUT2D eigenvalue weighted by atomic mass is 17.1. The molecule has 0 heterocycles. The molecule has 0 rings (SSSR count). The molecule has 0 fully saturated rings. The van der Waals surface area contributed by atoms with Crippen molar-refractivity contribution >= 4 is 0 Å². The summed E-state index contributed by atoms with van der Waals surface area (Å²) in [5.41, 5.74) is -0.491. The fraction of sp³-hybridized carbons (Fsp3) is 1.00. The SMILES string of the molecule is CC(C)(C)C(C)(C)OO. The van der Waals surface area contributed by atoms with Crippen molar-refractivity contribution < 1.29 is 10.1 Å². The topological polar surface area (TPSA) is 29.5 Å². The van der Waals surface area contributed by atoms with Gasteiger partial charge in [-0.3, -0.25) is 5.26 Å². The second kappa shape index (κ2) is 2.27. The van der Waals surface area contributed by atoms with Crippen LogP contribution in [0.2, 0.25) is 0 Å². The van der Waals surface area contributed by atoms with Gasteiger partial charge < -0.3 is 0 Å². The van der Waals surface area contributed by atoms with Crippen LogP contribution in [0.25, 0.3) is 0 Å². The molecule has 0 aromatic carbocycles. The van der Waals surface area contributed by atoms with Crippen LogP contribution < -0.4 is 0 Å². The van der Waals surface area contributed by atoms with E-state index in [9.17, 15) is 0 Å². The first-order valence-electron chi connectivity index (χ1n) is 3.14. The quantitative estimate of drug-likeness (QED) is 0.438. The van der Waals surface area contributed by atoms with Crippen LogP contribution in [0.1, 0.15) is 34.6 Å². The standard InChI is InChI=1S/C7H16O2/c1-6(2,3)7(4,5)9-8/h8H,1-5H3. The van der Waals surface area contributed by atoms with E-state index in [2.05, 4.69) is 4.89 Å². The normalized spacial score (nSPS) is 14.0. The highest BCUT2D eigenvalue weighted by Crippen LogP contribution is 2.31. The molecular formula is C7H16O2. The van der Waals surface area contributed by atoms with Crippen LogP contribution in [0.5, 0.6) is 0 Å². The zero-order chi connectivity index (χ0) is 7.71. The molecule has 0 aliphatic heterocycles. The van der Waals surface area contributed by atoms with Crippen LogP contribution in [0, 0.1) is 5.41 Å². The van der Waals surface area contributed by atoms with E-state index in [1.54, 1.807) is 0 Å². The number of hydrogen-bond acceptors (Lipinski definition) is 2. The predicted molar refractivity (Wildman–Crippen MR) is 37.2 cm³/mol. The van der Waals surface area contributed by atoms with Crippen LogP contribution >= 0.6 is 0 Å². The van der Waals surface area contributed by atoms with Crippen LogP contribution in [0.4, 0.5) is 0 Å². The minimum Gasteiger partial charge on any atom is -0.251 e. The second-order valence-electron chi connectivity index (χ2n) is 3.85. The van der Waals surface area contributed by atoms with Crippen molar-refractivity contribution in [2.75, 3.05) is 0 Å². The molecule has 0 aromatic rings. The largest absolute Gasteiger partial charge is 0.251 e. The molecule has 0 aliphatic carbocycles. The molecule has 56 valence electrons. The van der Waals surface area contributed by atoms with Gasteiger partial charge >= 0.3 is 0 Å². The predicted octanol–water partition coefficient (Wildman–Crippen LogP) is 2.30. The van der Waals surface area contributed by atoms with Crippen molar-refractivity contribution in [2.45, 2.75) is 40.2 Å². The maximum Gasteiger partial charge on any atom is 0.102 e. The highest BCUT2D eigenvalue weighted by molar-refractivity contribution is 4.82. The molecular weight excluding hydrogens is 116 g/mol. The van der Waals surface area contributed by atoms with Crippen LogP contribution in [0.3, 0.4) is 0 Å². The molecule has 0 saturated heterocycles. The Kier molecular flexibility index (Phi) is 2.25. The molecule has 0 radical (unpaired) electrons. The van der Waals surface area contributed by atoms with Gasteiger partial charge in [-0.2, -0.15) is 0 Å². The number of hydrogen-bond donors (Lipinski definition) is 1. The van der Waals surface area contributed by atoms with Crippen LogP contribution in [-0.2, 0) is 4.89 Å². The van der Waals surface area contributed by atoms with E-state index in [0.29, 0.717) is 0 Å². The minimum atomic E-state index is -0.465. The van der Waals surface area contributed by atoms with Gasteiger partial charge in [0.2, 0.25) is 0 Å². The van der Waals surface area contributed by atoms with Crippen molar-refractivity contribution in [1.82, 2.24) is 0 Å². The van der Waals surface area contributed by atoms with Gasteiger partial charge in [-0.05, 0) is 19.3 Å². The van der Waals surface area contributed by atoms with Gasteiger partial charge in [0, 0.05) is 0 Å². The third-order valence-electron chi connectivity index (χ3n) is 2.03. The Labute approximate surface area is 56.8 Å². The fourth-order valence-electron chi connectivity index (χ4n) is 0.137. The van der Waals surface area contributed by atoms with E-state index < -0.39 is 5.60 Å². The van der Waals surface area contributed by atoms with E-state index in [0.717, 1.165) is 0 Å². The smallest absolute Gasteiger partial charge is 0.102 e. The molecule has 2 heteroatoms. The Bertz CT molecular complexity index is 89.6. The van der Waals surface area contributed by atoms with Crippen LogP contribution in [-0.4, -0.2) is 10.9 Å².